The Hall–Kier alpha value is -2.76. The second-order valence-electron chi connectivity index (χ2n) is 6.82. The van der Waals surface area contributed by atoms with Crippen LogP contribution in [0.2, 0.25) is 10.0 Å². The lowest BCUT2D eigenvalue weighted by atomic mass is 10.1. The minimum absolute atomic E-state index is 0.0674. The van der Waals surface area contributed by atoms with E-state index in [1.54, 1.807) is 13.1 Å². The van der Waals surface area contributed by atoms with Crippen LogP contribution in [0.1, 0.15) is 18.6 Å². The molecular formula is C22H18Cl2FN3O. The molecule has 1 atom stereocenters. The van der Waals surface area contributed by atoms with Gasteiger partial charge in [-0.2, -0.15) is 0 Å². The van der Waals surface area contributed by atoms with Crippen molar-refractivity contribution in [1.29, 1.82) is 0 Å². The fourth-order valence-corrected chi connectivity index (χ4v) is 4.01. The first-order chi connectivity index (χ1) is 13.8. The highest BCUT2D eigenvalue weighted by Gasteiger charge is 2.20. The Morgan fingerprint density at radius 3 is 2.69 bits per heavy atom. The Kier molecular flexibility index (Phi) is 5.11. The maximum Gasteiger partial charge on any atom is 0.166 e. The van der Waals surface area contributed by atoms with Crippen LogP contribution in [0.15, 0.2) is 54.9 Å². The number of hydrogen-bond donors (Lipinski definition) is 1. The summed E-state index contributed by atoms with van der Waals surface area (Å²) in [7, 11) is 2.00. The highest BCUT2D eigenvalue weighted by atomic mass is 35.5. The van der Waals surface area contributed by atoms with E-state index in [0.717, 1.165) is 22.0 Å². The van der Waals surface area contributed by atoms with Gasteiger partial charge in [-0.25, -0.2) is 9.37 Å². The number of benzene rings is 2. The Morgan fingerprint density at radius 2 is 1.90 bits per heavy atom. The van der Waals surface area contributed by atoms with Crippen molar-refractivity contribution in [3.63, 3.8) is 0 Å². The van der Waals surface area contributed by atoms with Crippen LogP contribution >= 0.6 is 23.2 Å². The SMILES string of the molecule is CC(Oc1cc(-c2ccc3c(ccn3C)c2)cnc1N)c1c(Cl)ccc(F)c1Cl. The molecule has 0 saturated carbocycles. The normalized spacial score (nSPS) is 12.3. The Morgan fingerprint density at radius 1 is 1.10 bits per heavy atom. The summed E-state index contributed by atoms with van der Waals surface area (Å²) in [6, 6.07) is 12.7. The highest BCUT2D eigenvalue weighted by Crippen LogP contribution is 2.37. The third-order valence-corrected chi connectivity index (χ3v) is 5.60. The molecule has 2 aromatic heterocycles. The zero-order valence-electron chi connectivity index (χ0n) is 15.8. The number of nitrogens with two attached hydrogens (primary N) is 1. The number of halogens is 3. The summed E-state index contributed by atoms with van der Waals surface area (Å²) in [5.74, 6) is 0.0436. The predicted octanol–water partition coefficient (Wildman–Crippen LogP) is 6.41. The van der Waals surface area contributed by atoms with Crippen molar-refractivity contribution < 1.29 is 9.13 Å². The molecule has 0 amide bonds. The third kappa shape index (κ3) is 3.63. The maximum atomic E-state index is 13.9. The van der Waals surface area contributed by atoms with Crippen molar-refractivity contribution in [3.8, 4) is 16.9 Å². The minimum Gasteiger partial charge on any atom is -0.482 e. The molecule has 2 N–H and O–H groups in total. The van der Waals surface area contributed by atoms with Gasteiger partial charge in [0.25, 0.3) is 0 Å². The average molecular weight is 430 g/mol. The zero-order valence-corrected chi connectivity index (χ0v) is 17.3. The summed E-state index contributed by atoms with van der Waals surface area (Å²) in [5.41, 5.74) is 9.35. The lowest BCUT2D eigenvalue weighted by Crippen LogP contribution is -2.08. The van der Waals surface area contributed by atoms with Crippen LogP contribution in [0, 0.1) is 5.82 Å². The molecule has 4 nitrogen and oxygen atoms in total. The lowest BCUT2D eigenvalue weighted by molar-refractivity contribution is 0.227. The number of nitrogen functional groups attached to an aromatic ring is 1. The average Bonchev–Trinajstić information content (AvgIpc) is 3.07. The summed E-state index contributed by atoms with van der Waals surface area (Å²) < 4.78 is 21.9. The topological polar surface area (TPSA) is 53.1 Å². The molecule has 0 aliphatic heterocycles. The number of hydrogen-bond acceptors (Lipinski definition) is 3. The van der Waals surface area contributed by atoms with E-state index in [0.29, 0.717) is 16.3 Å². The molecule has 0 bridgehead atoms. The van der Waals surface area contributed by atoms with Gasteiger partial charge >= 0.3 is 0 Å². The second kappa shape index (κ2) is 7.58. The number of ether oxygens (including phenoxy) is 1. The first-order valence-corrected chi connectivity index (χ1v) is 9.71. The van der Waals surface area contributed by atoms with Gasteiger partial charge in [-0.3, -0.25) is 0 Å². The van der Waals surface area contributed by atoms with E-state index in [1.165, 1.54) is 12.1 Å². The van der Waals surface area contributed by atoms with E-state index >= 15 is 0 Å². The van der Waals surface area contributed by atoms with E-state index < -0.39 is 11.9 Å². The number of aryl methyl sites for hydroxylation is 1. The first-order valence-electron chi connectivity index (χ1n) is 8.96. The van der Waals surface area contributed by atoms with E-state index in [9.17, 15) is 4.39 Å². The Labute approximate surface area is 177 Å². The van der Waals surface area contributed by atoms with Gasteiger partial charge in [0, 0.05) is 46.5 Å². The molecule has 2 aromatic carbocycles. The quantitative estimate of drug-likeness (QED) is 0.381. The molecule has 0 aliphatic carbocycles. The smallest absolute Gasteiger partial charge is 0.166 e. The molecule has 4 aromatic rings. The molecule has 0 saturated heterocycles. The molecule has 7 heteroatoms. The van der Waals surface area contributed by atoms with Crippen LogP contribution in [-0.2, 0) is 7.05 Å². The van der Waals surface area contributed by atoms with Crippen molar-refractivity contribution in [2.75, 3.05) is 5.73 Å². The van der Waals surface area contributed by atoms with E-state index in [4.69, 9.17) is 33.7 Å². The van der Waals surface area contributed by atoms with Gasteiger partial charge in [0.05, 0.1) is 5.02 Å². The fraction of sp³-hybridized carbons (Fsp3) is 0.136. The van der Waals surface area contributed by atoms with E-state index in [-0.39, 0.29) is 10.8 Å². The molecule has 0 radical (unpaired) electrons. The van der Waals surface area contributed by atoms with Crippen molar-refractivity contribution in [1.82, 2.24) is 9.55 Å². The Bertz CT molecular complexity index is 1220. The van der Waals surface area contributed by atoms with Crippen LogP contribution in [0.4, 0.5) is 10.2 Å². The van der Waals surface area contributed by atoms with Gasteiger partial charge < -0.3 is 15.0 Å². The van der Waals surface area contributed by atoms with Gasteiger partial charge in [0.1, 0.15) is 11.9 Å². The second-order valence-corrected chi connectivity index (χ2v) is 7.61. The number of pyridine rings is 1. The Balaban J connectivity index is 1.69. The lowest BCUT2D eigenvalue weighted by Gasteiger charge is -2.19. The van der Waals surface area contributed by atoms with Crippen LogP contribution in [0.25, 0.3) is 22.0 Å². The van der Waals surface area contributed by atoms with Gasteiger partial charge in [-0.1, -0.05) is 29.3 Å². The molecular weight excluding hydrogens is 412 g/mol. The summed E-state index contributed by atoms with van der Waals surface area (Å²) in [6.45, 7) is 1.73. The maximum absolute atomic E-state index is 13.9. The molecule has 0 fully saturated rings. The van der Waals surface area contributed by atoms with Crippen LogP contribution in [0.5, 0.6) is 5.75 Å². The number of anilines is 1. The van der Waals surface area contributed by atoms with Crippen LogP contribution < -0.4 is 10.5 Å². The first kappa shape index (κ1) is 19.6. The van der Waals surface area contributed by atoms with E-state index in [1.807, 2.05) is 25.4 Å². The molecule has 1 unspecified atom stereocenters. The van der Waals surface area contributed by atoms with Crippen LogP contribution in [0.3, 0.4) is 0 Å². The van der Waals surface area contributed by atoms with Crippen molar-refractivity contribution in [2.24, 2.45) is 7.05 Å². The largest absolute Gasteiger partial charge is 0.482 e. The fourth-order valence-electron chi connectivity index (χ4n) is 3.33. The summed E-state index contributed by atoms with van der Waals surface area (Å²) >= 11 is 12.3. The molecule has 0 aliphatic rings. The van der Waals surface area contributed by atoms with Gasteiger partial charge in [-0.05, 0) is 48.9 Å². The molecule has 4 rings (SSSR count). The number of rotatable bonds is 4. The summed E-state index contributed by atoms with van der Waals surface area (Å²) in [5, 5.41) is 1.37. The number of fused-ring (bicyclic) bond motifs is 1. The molecule has 29 heavy (non-hydrogen) atoms. The minimum atomic E-state index is -0.623. The van der Waals surface area contributed by atoms with Crippen molar-refractivity contribution in [2.45, 2.75) is 13.0 Å². The highest BCUT2D eigenvalue weighted by molar-refractivity contribution is 6.36. The molecule has 0 spiro atoms. The van der Waals surface area contributed by atoms with Gasteiger partial charge in [-0.15, -0.1) is 0 Å². The number of nitrogens with zero attached hydrogens (tertiary/aromatic N) is 2. The van der Waals surface area contributed by atoms with Crippen molar-refractivity contribution in [3.05, 3.63) is 76.3 Å². The standard InChI is InChI=1S/C22H18Cl2FN3O/c1-12(20-16(23)4-5-17(25)21(20)24)29-19-10-15(11-27-22(19)26)13-3-6-18-14(9-13)7-8-28(18)2/h3-12H,1-2H3,(H2,26,27). The van der Waals surface area contributed by atoms with Gasteiger partial charge in [0.15, 0.2) is 11.6 Å². The van der Waals surface area contributed by atoms with Gasteiger partial charge in [0.2, 0.25) is 0 Å². The van der Waals surface area contributed by atoms with E-state index in [2.05, 4.69) is 27.8 Å². The zero-order chi connectivity index (χ0) is 20.7. The predicted molar refractivity (Wildman–Crippen MR) is 116 cm³/mol. The summed E-state index contributed by atoms with van der Waals surface area (Å²) in [6.07, 6.45) is 3.08. The number of aromatic nitrogens is 2. The van der Waals surface area contributed by atoms with Crippen LogP contribution in [-0.4, -0.2) is 9.55 Å². The monoisotopic (exact) mass is 429 g/mol. The molecule has 2 heterocycles. The summed E-state index contributed by atoms with van der Waals surface area (Å²) in [4.78, 5) is 4.26. The third-order valence-electron chi connectivity index (χ3n) is 4.89. The molecule has 148 valence electrons. The van der Waals surface area contributed by atoms with Crippen molar-refractivity contribution >= 4 is 39.9 Å².